The van der Waals surface area contributed by atoms with E-state index >= 15 is 0 Å². The van der Waals surface area contributed by atoms with E-state index in [0.29, 0.717) is 12.0 Å². The lowest BCUT2D eigenvalue weighted by Gasteiger charge is -2.20. The van der Waals surface area contributed by atoms with E-state index in [1.165, 1.54) is 19.3 Å². The highest BCUT2D eigenvalue weighted by atomic mass is 16.7. The van der Waals surface area contributed by atoms with Gasteiger partial charge in [0.2, 0.25) is 0 Å². The molecule has 0 aliphatic carbocycles. The average molecular weight is 186 g/mol. The summed E-state index contributed by atoms with van der Waals surface area (Å²) in [7, 11) is 0. The van der Waals surface area contributed by atoms with Crippen LogP contribution in [0.3, 0.4) is 0 Å². The molecule has 1 heterocycles. The molecule has 0 spiro atoms. The van der Waals surface area contributed by atoms with Gasteiger partial charge in [0.1, 0.15) is 0 Å². The van der Waals surface area contributed by atoms with E-state index in [1.807, 2.05) is 0 Å². The summed E-state index contributed by atoms with van der Waals surface area (Å²) in [4.78, 5) is 0. The van der Waals surface area contributed by atoms with Gasteiger partial charge < -0.3 is 9.47 Å². The third-order valence-corrected chi connectivity index (χ3v) is 2.70. The van der Waals surface area contributed by atoms with E-state index in [0.717, 1.165) is 13.0 Å². The van der Waals surface area contributed by atoms with Gasteiger partial charge in [0, 0.05) is 5.92 Å². The van der Waals surface area contributed by atoms with Gasteiger partial charge in [-0.05, 0) is 19.8 Å². The number of ether oxygens (including phenoxy) is 2. The molecule has 0 bridgehead atoms. The summed E-state index contributed by atoms with van der Waals surface area (Å²) >= 11 is 0. The number of hydrogen-bond acceptors (Lipinski definition) is 2. The van der Waals surface area contributed by atoms with Gasteiger partial charge in [-0.25, -0.2) is 0 Å². The fourth-order valence-electron chi connectivity index (χ4n) is 1.78. The van der Waals surface area contributed by atoms with Gasteiger partial charge in [-0.1, -0.05) is 26.7 Å². The molecule has 1 saturated heterocycles. The first kappa shape index (κ1) is 11.0. The van der Waals surface area contributed by atoms with Crippen LogP contribution in [0.1, 0.15) is 46.5 Å². The molecule has 0 radical (unpaired) electrons. The Kier molecular flexibility index (Phi) is 4.74. The van der Waals surface area contributed by atoms with Crippen molar-refractivity contribution in [3.8, 4) is 0 Å². The smallest absolute Gasteiger partial charge is 0.160 e. The van der Waals surface area contributed by atoms with Crippen molar-refractivity contribution >= 4 is 0 Å². The van der Waals surface area contributed by atoms with Gasteiger partial charge in [0.05, 0.1) is 12.7 Å². The molecular weight excluding hydrogens is 164 g/mol. The molecule has 0 aromatic carbocycles. The quantitative estimate of drug-likeness (QED) is 0.657. The molecule has 78 valence electrons. The Bertz CT molecular complexity index is 136. The van der Waals surface area contributed by atoms with Crippen molar-refractivity contribution in [2.75, 3.05) is 6.61 Å². The van der Waals surface area contributed by atoms with Crippen LogP contribution < -0.4 is 0 Å². The maximum absolute atomic E-state index is 5.69. The third kappa shape index (κ3) is 3.28. The predicted molar refractivity (Wildman–Crippen MR) is 53.6 cm³/mol. The summed E-state index contributed by atoms with van der Waals surface area (Å²) in [5, 5.41) is 0. The van der Waals surface area contributed by atoms with Gasteiger partial charge in [-0.3, -0.25) is 0 Å². The zero-order chi connectivity index (χ0) is 9.68. The second-order valence-electron chi connectivity index (χ2n) is 3.96. The monoisotopic (exact) mass is 186 g/mol. The van der Waals surface area contributed by atoms with Crippen molar-refractivity contribution in [1.82, 2.24) is 0 Å². The Labute approximate surface area is 81.6 Å². The Hall–Kier alpha value is -0.0800. The van der Waals surface area contributed by atoms with Gasteiger partial charge in [0.25, 0.3) is 0 Å². The number of rotatable bonds is 5. The molecular formula is C11H22O2. The van der Waals surface area contributed by atoms with Crippen LogP contribution in [-0.2, 0) is 9.47 Å². The summed E-state index contributed by atoms with van der Waals surface area (Å²) in [6.07, 6.45) is 5.32. The van der Waals surface area contributed by atoms with Crippen molar-refractivity contribution in [3.63, 3.8) is 0 Å². The summed E-state index contributed by atoms with van der Waals surface area (Å²) < 4.78 is 11.3. The standard InChI is InChI=1S/C11H22O2/c1-4-6-7-10(5-2)11-12-8-9(3)13-11/h9-11H,4-8H2,1-3H3/t9-,10+,11-/m0/s1. The lowest BCUT2D eigenvalue weighted by atomic mass is 9.99. The van der Waals surface area contributed by atoms with Crippen LogP contribution in [0, 0.1) is 5.92 Å². The molecule has 2 nitrogen and oxygen atoms in total. The molecule has 0 aromatic heterocycles. The average Bonchev–Trinajstić information content (AvgIpc) is 2.54. The van der Waals surface area contributed by atoms with Crippen LogP contribution in [0.15, 0.2) is 0 Å². The summed E-state index contributed by atoms with van der Waals surface area (Å²) in [6.45, 7) is 7.29. The van der Waals surface area contributed by atoms with E-state index < -0.39 is 0 Å². The van der Waals surface area contributed by atoms with Crippen molar-refractivity contribution < 1.29 is 9.47 Å². The molecule has 1 rings (SSSR count). The zero-order valence-electron chi connectivity index (χ0n) is 9.08. The predicted octanol–water partition coefficient (Wildman–Crippen LogP) is 2.96. The van der Waals surface area contributed by atoms with Crippen LogP contribution in [0.25, 0.3) is 0 Å². The van der Waals surface area contributed by atoms with Crippen molar-refractivity contribution in [2.24, 2.45) is 5.92 Å². The van der Waals surface area contributed by atoms with Gasteiger partial charge >= 0.3 is 0 Å². The Morgan fingerprint density at radius 1 is 1.38 bits per heavy atom. The maximum Gasteiger partial charge on any atom is 0.160 e. The Morgan fingerprint density at radius 3 is 2.62 bits per heavy atom. The summed E-state index contributed by atoms with van der Waals surface area (Å²) in [6, 6.07) is 0. The minimum atomic E-state index is 0.0755. The summed E-state index contributed by atoms with van der Waals surface area (Å²) in [5.41, 5.74) is 0. The molecule has 0 amide bonds. The van der Waals surface area contributed by atoms with E-state index in [9.17, 15) is 0 Å². The van der Waals surface area contributed by atoms with Gasteiger partial charge in [0.15, 0.2) is 6.29 Å². The SMILES string of the molecule is CCCC[C@@H](CC)[C@H]1OC[C@H](C)O1. The molecule has 13 heavy (non-hydrogen) atoms. The van der Waals surface area contributed by atoms with E-state index in [4.69, 9.17) is 9.47 Å². The minimum absolute atomic E-state index is 0.0755. The van der Waals surface area contributed by atoms with Crippen LogP contribution in [0.5, 0.6) is 0 Å². The molecule has 1 aliphatic rings. The lowest BCUT2D eigenvalue weighted by Crippen LogP contribution is -2.21. The van der Waals surface area contributed by atoms with Crippen LogP contribution >= 0.6 is 0 Å². The highest BCUT2D eigenvalue weighted by Crippen LogP contribution is 2.25. The molecule has 0 unspecified atom stereocenters. The molecule has 2 heteroatoms. The van der Waals surface area contributed by atoms with E-state index in [2.05, 4.69) is 20.8 Å². The van der Waals surface area contributed by atoms with Crippen molar-refractivity contribution in [2.45, 2.75) is 58.8 Å². The molecule has 0 N–H and O–H groups in total. The Morgan fingerprint density at radius 2 is 2.15 bits per heavy atom. The summed E-state index contributed by atoms with van der Waals surface area (Å²) in [5.74, 6) is 0.602. The molecule has 3 atom stereocenters. The molecule has 0 saturated carbocycles. The zero-order valence-corrected chi connectivity index (χ0v) is 9.08. The van der Waals surface area contributed by atoms with Crippen molar-refractivity contribution in [3.05, 3.63) is 0 Å². The van der Waals surface area contributed by atoms with E-state index in [1.54, 1.807) is 0 Å². The minimum Gasteiger partial charge on any atom is -0.350 e. The second-order valence-corrected chi connectivity index (χ2v) is 3.96. The highest BCUT2D eigenvalue weighted by Gasteiger charge is 2.28. The molecule has 1 aliphatic heterocycles. The first-order valence-corrected chi connectivity index (χ1v) is 5.55. The van der Waals surface area contributed by atoms with Crippen molar-refractivity contribution in [1.29, 1.82) is 0 Å². The highest BCUT2D eigenvalue weighted by molar-refractivity contribution is 4.68. The fraction of sp³-hybridized carbons (Fsp3) is 1.00. The molecule has 1 fully saturated rings. The van der Waals surface area contributed by atoms with Crippen LogP contribution in [0.4, 0.5) is 0 Å². The third-order valence-electron chi connectivity index (χ3n) is 2.70. The molecule has 0 aromatic rings. The number of unbranched alkanes of at least 4 members (excludes halogenated alkanes) is 1. The first-order chi connectivity index (χ1) is 6.27. The number of hydrogen-bond donors (Lipinski definition) is 0. The Balaban J connectivity index is 2.29. The second kappa shape index (κ2) is 5.61. The van der Waals surface area contributed by atoms with Gasteiger partial charge in [-0.15, -0.1) is 0 Å². The van der Waals surface area contributed by atoms with E-state index in [-0.39, 0.29) is 6.29 Å². The van der Waals surface area contributed by atoms with Crippen LogP contribution in [-0.4, -0.2) is 19.0 Å². The van der Waals surface area contributed by atoms with Crippen LogP contribution in [0.2, 0.25) is 0 Å². The normalized spacial score (nSPS) is 30.7. The maximum atomic E-state index is 5.69. The fourth-order valence-corrected chi connectivity index (χ4v) is 1.78. The lowest BCUT2D eigenvalue weighted by molar-refractivity contribution is -0.0973. The topological polar surface area (TPSA) is 18.5 Å². The largest absolute Gasteiger partial charge is 0.350 e. The van der Waals surface area contributed by atoms with Gasteiger partial charge in [-0.2, -0.15) is 0 Å². The first-order valence-electron chi connectivity index (χ1n) is 5.55.